The van der Waals surface area contributed by atoms with Gasteiger partial charge < -0.3 is 10.4 Å². The Labute approximate surface area is 125 Å². The van der Waals surface area contributed by atoms with Gasteiger partial charge in [-0.3, -0.25) is 4.79 Å². The van der Waals surface area contributed by atoms with Gasteiger partial charge in [0.05, 0.1) is 6.61 Å². The second-order valence-corrected chi connectivity index (χ2v) is 6.68. The summed E-state index contributed by atoms with van der Waals surface area (Å²) < 4.78 is 0. The van der Waals surface area contributed by atoms with E-state index in [0.29, 0.717) is 23.8 Å². The lowest BCUT2D eigenvalue weighted by atomic mass is 9.81. The summed E-state index contributed by atoms with van der Waals surface area (Å²) in [5.74, 6) is 6.21. The molecule has 0 atom stereocenters. The quantitative estimate of drug-likeness (QED) is 0.820. The molecule has 110 valence electrons. The van der Waals surface area contributed by atoms with Crippen molar-refractivity contribution in [1.82, 2.24) is 5.32 Å². The number of aliphatic hydroxyl groups excluding tert-OH is 1. The molecule has 3 nitrogen and oxygen atoms in total. The fourth-order valence-electron chi connectivity index (χ4n) is 1.39. The van der Waals surface area contributed by atoms with E-state index >= 15 is 0 Å². The molecule has 1 rings (SSSR count). The summed E-state index contributed by atoms with van der Waals surface area (Å²) in [7, 11) is 0. The Morgan fingerprint density at radius 1 is 1.50 bits per heavy atom. The minimum absolute atomic E-state index is 0.0429. The third-order valence-electron chi connectivity index (χ3n) is 3.60. The number of carbonyl (C=O) groups is 1. The summed E-state index contributed by atoms with van der Waals surface area (Å²) >= 11 is 1.40. The number of hydrogen-bond donors (Lipinski definition) is 2. The first kappa shape index (κ1) is 16.7. The van der Waals surface area contributed by atoms with Crippen molar-refractivity contribution in [2.24, 2.45) is 11.3 Å². The molecule has 4 heteroatoms. The van der Waals surface area contributed by atoms with E-state index in [1.807, 2.05) is 11.4 Å². The van der Waals surface area contributed by atoms with E-state index in [-0.39, 0.29) is 17.9 Å². The second kappa shape index (κ2) is 7.47. The lowest BCUT2D eigenvalue weighted by Gasteiger charge is -2.29. The molecule has 20 heavy (non-hydrogen) atoms. The van der Waals surface area contributed by atoms with Gasteiger partial charge in [-0.2, -0.15) is 0 Å². The summed E-state index contributed by atoms with van der Waals surface area (Å²) in [6, 6.07) is 1.84. The molecule has 0 saturated heterocycles. The molecule has 0 spiro atoms. The molecule has 0 aromatic carbocycles. The summed E-state index contributed by atoms with van der Waals surface area (Å²) in [6.45, 7) is 9.29. The van der Waals surface area contributed by atoms with E-state index in [9.17, 15) is 4.79 Å². The van der Waals surface area contributed by atoms with E-state index in [0.717, 1.165) is 5.56 Å². The Bertz CT molecular complexity index is 506. The minimum atomic E-state index is -0.0676. The number of hydrogen-bond acceptors (Lipinski definition) is 3. The Balaban J connectivity index is 2.70. The molecule has 1 aromatic heterocycles. The standard InChI is InChI=1S/C16H23NO2S/c1-12(2)16(3,4)11-17-15(19)14-13(8-10-20-14)7-5-6-9-18/h8,10,12,18H,6,9,11H2,1-4H3,(H,17,19). The van der Waals surface area contributed by atoms with Crippen molar-refractivity contribution in [1.29, 1.82) is 0 Å². The third-order valence-corrected chi connectivity index (χ3v) is 4.51. The van der Waals surface area contributed by atoms with Crippen LogP contribution in [-0.4, -0.2) is 24.2 Å². The van der Waals surface area contributed by atoms with Crippen molar-refractivity contribution in [3.63, 3.8) is 0 Å². The molecular formula is C16H23NO2S. The van der Waals surface area contributed by atoms with Crippen LogP contribution < -0.4 is 5.32 Å². The first-order valence-corrected chi connectivity index (χ1v) is 7.72. The van der Waals surface area contributed by atoms with E-state index in [1.54, 1.807) is 0 Å². The van der Waals surface area contributed by atoms with Gasteiger partial charge in [0.15, 0.2) is 0 Å². The van der Waals surface area contributed by atoms with Crippen molar-refractivity contribution < 1.29 is 9.90 Å². The van der Waals surface area contributed by atoms with Gasteiger partial charge in [-0.25, -0.2) is 0 Å². The highest BCUT2D eigenvalue weighted by Gasteiger charge is 2.23. The second-order valence-electron chi connectivity index (χ2n) is 5.76. The van der Waals surface area contributed by atoms with Crippen molar-refractivity contribution in [3.05, 3.63) is 21.9 Å². The first-order chi connectivity index (χ1) is 9.38. The highest BCUT2D eigenvalue weighted by atomic mass is 32.1. The molecule has 0 saturated carbocycles. The average Bonchev–Trinajstić information content (AvgIpc) is 2.84. The highest BCUT2D eigenvalue weighted by Crippen LogP contribution is 2.25. The Hall–Kier alpha value is -1.31. The lowest BCUT2D eigenvalue weighted by molar-refractivity contribution is 0.0928. The van der Waals surface area contributed by atoms with Crippen molar-refractivity contribution in [2.75, 3.05) is 13.2 Å². The first-order valence-electron chi connectivity index (χ1n) is 6.84. The zero-order chi connectivity index (χ0) is 15.2. The van der Waals surface area contributed by atoms with Crippen LogP contribution in [0.15, 0.2) is 11.4 Å². The van der Waals surface area contributed by atoms with E-state index in [4.69, 9.17) is 5.11 Å². The zero-order valence-electron chi connectivity index (χ0n) is 12.6. The van der Waals surface area contributed by atoms with Crippen LogP contribution in [-0.2, 0) is 0 Å². The summed E-state index contributed by atoms with van der Waals surface area (Å²) in [4.78, 5) is 12.9. The maximum Gasteiger partial charge on any atom is 0.262 e. The van der Waals surface area contributed by atoms with Gasteiger partial charge in [-0.1, -0.05) is 39.5 Å². The summed E-state index contributed by atoms with van der Waals surface area (Å²) in [6.07, 6.45) is 0.428. The van der Waals surface area contributed by atoms with Crippen molar-refractivity contribution in [3.8, 4) is 11.8 Å². The minimum Gasteiger partial charge on any atom is -0.395 e. The molecule has 0 aliphatic rings. The Morgan fingerprint density at radius 2 is 2.20 bits per heavy atom. The largest absolute Gasteiger partial charge is 0.395 e. The van der Waals surface area contributed by atoms with Crippen molar-refractivity contribution >= 4 is 17.2 Å². The number of amides is 1. The molecule has 0 aliphatic carbocycles. The Morgan fingerprint density at radius 3 is 2.80 bits per heavy atom. The van der Waals surface area contributed by atoms with Crippen LogP contribution in [0.25, 0.3) is 0 Å². The fourth-order valence-corrected chi connectivity index (χ4v) is 2.16. The molecular weight excluding hydrogens is 270 g/mol. The number of carbonyl (C=O) groups excluding carboxylic acids is 1. The maximum absolute atomic E-state index is 12.2. The zero-order valence-corrected chi connectivity index (χ0v) is 13.4. The smallest absolute Gasteiger partial charge is 0.262 e. The maximum atomic E-state index is 12.2. The topological polar surface area (TPSA) is 49.3 Å². The van der Waals surface area contributed by atoms with Crippen LogP contribution in [0.2, 0.25) is 0 Å². The molecule has 0 radical (unpaired) electrons. The van der Waals surface area contributed by atoms with Gasteiger partial charge in [0.2, 0.25) is 0 Å². The molecule has 0 fully saturated rings. The third kappa shape index (κ3) is 4.66. The normalized spacial score (nSPS) is 11.1. The highest BCUT2D eigenvalue weighted by molar-refractivity contribution is 7.12. The predicted molar refractivity (Wildman–Crippen MR) is 83.9 cm³/mol. The number of aliphatic hydroxyl groups is 1. The molecule has 0 unspecified atom stereocenters. The predicted octanol–water partition coefficient (Wildman–Crippen LogP) is 2.89. The SMILES string of the molecule is CC(C)C(C)(C)CNC(=O)c1sccc1C#CCCO. The van der Waals surface area contributed by atoms with Gasteiger partial charge >= 0.3 is 0 Å². The number of rotatable bonds is 5. The molecule has 1 amide bonds. The van der Waals surface area contributed by atoms with Crippen LogP contribution in [0.1, 0.15) is 49.4 Å². The average molecular weight is 293 g/mol. The summed E-state index contributed by atoms with van der Waals surface area (Å²) in [5.41, 5.74) is 0.804. The van der Waals surface area contributed by atoms with Gasteiger partial charge in [-0.05, 0) is 22.8 Å². The van der Waals surface area contributed by atoms with Gasteiger partial charge in [0, 0.05) is 18.5 Å². The van der Waals surface area contributed by atoms with Crippen LogP contribution in [0, 0.1) is 23.2 Å². The van der Waals surface area contributed by atoms with Crippen molar-refractivity contribution in [2.45, 2.75) is 34.1 Å². The molecule has 0 bridgehead atoms. The van der Waals surface area contributed by atoms with Crippen LogP contribution in [0.4, 0.5) is 0 Å². The Kier molecular flexibility index (Phi) is 6.25. The van der Waals surface area contributed by atoms with Gasteiger partial charge in [-0.15, -0.1) is 11.3 Å². The number of nitrogens with one attached hydrogen (secondary N) is 1. The van der Waals surface area contributed by atoms with Crippen LogP contribution in [0.5, 0.6) is 0 Å². The number of thiophene rings is 1. The van der Waals surface area contributed by atoms with Crippen LogP contribution >= 0.6 is 11.3 Å². The summed E-state index contributed by atoms with van der Waals surface area (Å²) in [5, 5.41) is 13.6. The van der Waals surface area contributed by atoms with E-state index < -0.39 is 0 Å². The van der Waals surface area contributed by atoms with Crippen LogP contribution in [0.3, 0.4) is 0 Å². The molecule has 2 N–H and O–H groups in total. The molecule has 1 aromatic rings. The molecule has 0 aliphatic heterocycles. The molecule has 1 heterocycles. The fraction of sp³-hybridized carbons (Fsp3) is 0.562. The van der Waals surface area contributed by atoms with E-state index in [1.165, 1.54) is 11.3 Å². The monoisotopic (exact) mass is 293 g/mol. The van der Waals surface area contributed by atoms with E-state index in [2.05, 4.69) is 44.9 Å². The van der Waals surface area contributed by atoms with Gasteiger partial charge in [0.25, 0.3) is 5.91 Å². The van der Waals surface area contributed by atoms with Gasteiger partial charge in [0.1, 0.15) is 4.88 Å². The lowest BCUT2D eigenvalue weighted by Crippen LogP contribution is -2.36.